The summed E-state index contributed by atoms with van der Waals surface area (Å²) in [5.74, 6) is -0.250. The number of ketones is 1. The SMILES string of the molecule is CC(=O)C(Br)c1c(S)cccc1OC(F)F. The summed E-state index contributed by atoms with van der Waals surface area (Å²) in [6.45, 7) is -1.58. The molecule has 0 aliphatic rings. The fourth-order valence-corrected chi connectivity index (χ4v) is 2.16. The predicted octanol–water partition coefficient (Wildman–Crippen LogP) is 3.60. The fourth-order valence-electron chi connectivity index (χ4n) is 1.19. The van der Waals surface area contributed by atoms with Crippen molar-refractivity contribution in [3.63, 3.8) is 0 Å². The van der Waals surface area contributed by atoms with Crippen molar-refractivity contribution in [2.45, 2.75) is 23.3 Å². The molecule has 0 aliphatic carbocycles. The Morgan fingerprint density at radius 3 is 2.62 bits per heavy atom. The van der Waals surface area contributed by atoms with Crippen LogP contribution in [0.1, 0.15) is 17.3 Å². The van der Waals surface area contributed by atoms with Gasteiger partial charge in [-0.25, -0.2) is 0 Å². The van der Waals surface area contributed by atoms with E-state index in [0.717, 1.165) is 0 Å². The van der Waals surface area contributed by atoms with E-state index < -0.39 is 11.4 Å². The van der Waals surface area contributed by atoms with Gasteiger partial charge in [0.05, 0.1) is 0 Å². The molecule has 1 rings (SSSR count). The van der Waals surface area contributed by atoms with Crippen LogP contribution in [-0.2, 0) is 4.79 Å². The maximum absolute atomic E-state index is 12.1. The van der Waals surface area contributed by atoms with E-state index >= 15 is 0 Å². The van der Waals surface area contributed by atoms with Crippen LogP contribution in [0.4, 0.5) is 8.78 Å². The minimum Gasteiger partial charge on any atom is -0.434 e. The summed E-state index contributed by atoms with van der Waals surface area (Å²) in [7, 11) is 0. The highest BCUT2D eigenvalue weighted by atomic mass is 79.9. The van der Waals surface area contributed by atoms with Gasteiger partial charge in [-0.05, 0) is 19.1 Å². The molecule has 0 bridgehead atoms. The Bertz CT molecular complexity index is 398. The highest BCUT2D eigenvalue weighted by molar-refractivity contribution is 9.09. The number of benzene rings is 1. The van der Waals surface area contributed by atoms with Gasteiger partial charge in [0.15, 0.2) is 0 Å². The van der Waals surface area contributed by atoms with Gasteiger partial charge in [0.2, 0.25) is 0 Å². The maximum atomic E-state index is 12.1. The Hall–Kier alpha value is -0.620. The van der Waals surface area contributed by atoms with Crippen LogP contribution in [0, 0.1) is 0 Å². The Kier molecular flexibility index (Phi) is 4.73. The van der Waals surface area contributed by atoms with Gasteiger partial charge in [-0.15, -0.1) is 12.6 Å². The van der Waals surface area contributed by atoms with Crippen LogP contribution in [0.15, 0.2) is 23.1 Å². The molecule has 16 heavy (non-hydrogen) atoms. The van der Waals surface area contributed by atoms with Crippen molar-refractivity contribution < 1.29 is 18.3 Å². The number of thiol groups is 1. The Labute approximate surface area is 106 Å². The molecule has 2 nitrogen and oxygen atoms in total. The summed E-state index contributed by atoms with van der Waals surface area (Å²) in [5, 5.41) is 0. The largest absolute Gasteiger partial charge is 0.434 e. The zero-order chi connectivity index (χ0) is 12.3. The van der Waals surface area contributed by atoms with Gasteiger partial charge >= 0.3 is 6.61 Å². The van der Waals surface area contributed by atoms with Gasteiger partial charge in [0.25, 0.3) is 0 Å². The Balaban J connectivity index is 3.17. The molecule has 0 fully saturated rings. The maximum Gasteiger partial charge on any atom is 0.387 e. The van der Waals surface area contributed by atoms with Gasteiger partial charge in [-0.2, -0.15) is 8.78 Å². The van der Waals surface area contributed by atoms with Crippen molar-refractivity contribution in [2.75, 3.05) is 0 Å². The van der Waals surface area contributed by atoms with Crippen molar-refractivity contribution >= 4 is 34.3 Å². The van der Waals surface area contributed by atoms with Gasteiger partial charge < -0.3 is 4.74 Å². The second kappa shape index (κ2) is 5.63. The molecule has 88 valence electrons. The Morgan fingerprint density at radius 1 is 1.50 bits per heavy atom. The van der Waals surface area contributed by atoms with Crippen LogP contribution in [0.2, 0.25) is 0 Å². The smallest absolute Gasteiger partial charge is 0.387 e. The molecule has 0 aliphatic heterocycles. The highest BCUT2D eigenvalue weighted by Crippen LogP contribution is 2.37. The van der Waals surface area contributed by atoms with Crippen molar-refractivity contribution in [2.24, 2.45) is 0 Å². The van der Waals surface area contributed by atoms with Gasteiger partial charge in [0, 0.05) is 10.5 Å². The lowest BCUT2D eigenvalue weighted by atomic mass is 10.1. The topological polar surface area (TPSA) is 26.3 Å². The minimum absolute atomic E-state index is 0.0421. The van der Waals surface area contributed by atoms with Crippen LogP contribution in [0.3, 0.4) is 0 Å². The molecule has 0 saturated carbocycles. The third-order valence-electron chi connectivity index (χ3n) is 1.87. The molecule has 0 amide bonds. The molecular formula is C10H9BrF2O2S. The standard InChI is InChI=1S/C10H9BrF2O2S/c1-5(14)9(11)8-6(15-10(12)13)3-2-4-7(8)16/h2-4,9-10,16H,1H3. The van der Waals surface area contributed by atoms with Crippen molar-refractivity contribution in [1.29, 1.82) is 0 Å². The molecular weight excluding hydrogens is 302 g/mol. The van der Waals surface area contributed by atoms with Crippen molar-refractivity contribution in [1.82, 2.24) is 0 Å². The van der Waals surface area contributed by atoms with E-state index in [1.165, 1.54) is 19.1 Å². The number of halogens is 3. The molecule has 0 spiro atoms. The molecule has 1 atom stereocenters. The monoisotopic (exact) mass is 310 g/mol. The second-order valence-corrected chi connectivity index (χ2v) is 4.44. The van der Waals surface area contributed by atoms with E-state index in [4.69, 9.17) is 0 Å². The molecule has 0 N–H and O–H groups in total. The number of rotatable bonds is 4. The zero-order valence-corrected chi connectivity index (χ0v) is 10.8. The van der Waals surface area contributed by atoms with Crippen molar-refractivity contribution in [3.05, 3.63) is 23.8 Å². The normalized spacial score (nSPS) is 12.6. The lowest BCUT2D eigenvalue weighted by Gasteiger charge is -2.15. The van der Waals surface area contributed by atoms with Crippen LogP contribution >= 0.6 is 28.6 Å². The summed E-state index contributed by atoms with van der Waals surface area (Å²) in [6, 6.07) is 4.51. The summed E-state index contributed by atoms with van der Waals surface area (Å²) in [5.41, 5.74) is 0.318. The van der Waals surface area contributed by atoms with Gasteiger partial charge in [-0.3, -0.25) is 4.79 Å². The molecule has 0 aromatic heterocycles. The first-order valence-electron chi connectivity index (χ1n) is 4.34. The number of Topliss-reactive ketones (excluding diaryl/α,β-unsaturated/α-hetero) is 1. The average molecular weight is 311 g/mol. The number of carbonyl (C=O) groups excluding carboxylic acids is 1. The van der Waals surface area contributed by atoms with Crippen LogP contribution in [0.5, 0.6) is 5.75 Å². The molecule has 0 heterocycles. The van der Waals surface area contributed by atoms with Crippen LogP contribution in [0.25, 0.3) is 0 Å². The van der Waals surface area contributed by atoms with Gasteiger partial charge in [-0.1, -0.05) is 22.0 Å². The fraction of sp³-hybridized carbons (Fsp3) is 0.300. The average Bonchev–Trinajstić information content (AvgIpc) is 2.16. The number of ether oxygens (including phenoxy) is 1. The number of hydrogen-bond acceptors (Lipinski definition) is 3. The molecule has 0 radical (unpaired) electrons. The Morgan fingerprint density at radius 2 is 2.12 bits per heavy atom. The zero-order valence-electron chi connectivity index (χ0n) is 8.28. The first-order chi connectivity index (χ1) is 7.43. The van der Waals surface area contributed by atoms with Crippen LogP contribution in [-0.4, -0.2) is 12.4 Å². The highest BCUT2D eigenvalue weighted by Gasteiger charge is 2.21. The molecule has 0 saturated heterocycles. The first-order valence-corrected chi connectivity index (χ1v) is 5.71. The molecule has 1 unspecified atom stereocenters. The van der Waals surface area contributed by atoms with E-state index in [1.54, 1.807) is 6.07 Å². The van der Waals surface area contributed by atoms with E-state index in [1.807, 2.05) is 0 Å². The number of alkyl halides is 3. The van der Waals surface area contributed by atoms with E-state index in [0.29, 0.717) is 10.5 Å². The summed E-state index contributed by atoms with van der Waals surface area (Å²) < 4.78 is 28.6. The lowest BCUT2D eigenvalue weighted by molar-refractivity contribution is -0.116. The lowest BCUT2D eigenvalue weighted by Crippen LogP contribution is -2.09. The van der Waals surface area contributed by atoms with E-state index in [2.05, 4.69) is 33.3 Å². The summed E-state index contributed by atoms with van der Waals surface area (Å²) >= 11 is 7.24. The van der Waals surface area contributed by atoms with E-state index in [-0.39, 0.29) is 11.5 Å². The third kappa shape index (κ3) is 3.18. The summed E-state index contributed by atoms with van der Waals surface area (Å²) in [6.07, 6.45) is 0. The first kappa shape index (κ1) is 13.4. The number of hydrogen-bond donors (Lipinski definition) is 1. The summed E-state index contributed by atoms with van der Waals surface area (Å²) in [4.78, 5) is 10.9. The van der Waals surface area contributed by atoms with Crippen LogP contribution < -0.4 is 4.74 Å². The second-order valence-electron chi connectivity index (χ2n) is 3.04. The predicted molar refractivity (Wildman–Crippen MR) is 62.7 cm³/mol. The molecule has 6 heteroatoms. The third-order valence-corrected chi connectivity index (χ3v) is 3.36. The van der Waals surface area contributed by atoms with E-state index in [9.17, 15) is 13.6 Å². The number of carbonyl (C=O) groups is 1. The quantitative estimate of drug-likeness (QED) is 0.679. The van der Waals surface area contributed by atoms with Gasteiger partial charge in [0.1, 0.15) is 16.4 Å². The van der Waals surface area contributed by atoms with Crippen molar-refractivity contribution in [3.8, 4) is 5.75 Å². The molecule has 1 aromatic rings. The minimum atomic E-state index is -2.93. The molecule has 1 aromatic carbocycles.